The molecule has 27 heavy (non-hydrogen) atoms. The molecule has 0 bridgehead atoms. The molecule has 0 fully saturated rings. The van der Waals surface area contributed by atoms with Crippen LogP contribution in [0.1, 0.15) is 43.4 Å². The van der Waals surface area contributed by atoms with Crippen LogP contribution in [0.2, 0.25) is 0 Å². The largest absolute Gasteiger partial charge is 0.396 e. The number of aliphatic hydroxyl groups is 1. The lowest BCUT2D eigenvalue weighted by molar-refractivity contribution is 0.251. The molecule has 0 aliphatic heterocycles. The van der Waals surface area contributed by atoms with Crippen LogP contribution >= 0.6 is 0 Å². The smallest absolute Gasteiger partial charge is 0.191 e. The topological polar surface area (TPSA) is 87.4 Å². The Morgan fingerprint density at radius 3 is 2.59 bits per heavy atom. The summed E-state index contributed by atoms with van der Waals surface area (Å²) in [6.45, 7) is 6.26. The molecule has 0 saturated heterocycles. The van der Waals surface area contributed by atoms with E-state index in [2.05, 4.69) is 39.9 Å². The average molecular weight is 373 g/mol. The fourth-order valence-corrected chi connectivity index (χ4v) is 2.88. The number of nitrogens with zero attached hydrogens (tertiary/aromatic N) is 4. The van der Waals surface area contributed by atoms with Crippen LogP contribution in [0.5, 0.6) is 0 Å². The van der Waals surface area contributed by atoms with Crippen LogP contribution in [0.15, 0.2) is 35.3 Å². The van der Waals surface area contributed by atoms with Crippen molar-refractivity contribution >= 4 is 5.96 Å². The lowest BCUT2D eigenvalue weighted by Gasteiger charge is -2.18. The fraction of sp³-hybridized carbons (Fsp3) is 0.550. The number of aliphatic hydroxyl groups excluding tert-OH is 1. The van der Waals surface area contributed by atoms with E-state index in [1.807, 2.05) is 36.7 Å². The molecule has 1 aromatic heterocycles. The van der Waals surface area contributed by atoms with Crippen molar-refractivity contribution in [2.75, 3.05) is 13.2 Å². The second kappa shape index (κ2) is 11.3. The maximum absolute atomic E-state index is 9.27. The van der Waals surface area contributed by atoms with E-state index in [1.165, 1.54) is 0 Å². The Balaban J connectivity index is 2.01. The standard InChI is InChI=1S/C20H32N6O/c1-4-8-17(11-12-27)13-21-20(22-14-18-9-6-5-7-10-18)23-15-19-25-24-16(2)26(19)3/h5-7,9-10,17,27H,4,8,11-15H2,1-3H3,(H2,21,22,23). The quantitative estimate of drug-likeness (QED) is 0.439. The van der Waals surface area contributed by atoms with Gasteiger partial charge in [0.1, 0.15) is 5.82 Å². The Morgan fingerprint density at radius 1 is 1.19 bits per heavy atom. The SMILES string of the molecule is CCCC(CCO)CNC(=NCc1ccccc1)NCc1nnc(C)n1C. The zero-order valence-electron chi connectivity index (χ0n) is 16.6. The molecule has 148 valence electrons. The number of hydrogen-bond acceptors (Lipinski definition) is 4. The number of benzene rings is 1. The summed E-state index contributed by atoms with van der Waals surface area (Å²) in [6, 6.07) is 10.2. The Hall–Kier alpha value is -2.41. The predicted molar refractivity (Wildman–Crippen MR) is 108 cm³/mol. The van der Waals surface area contributed by atoms with Crippen molar-refractivity contribution in [1.82, 2.24) is 25.4 Å². The van der Waals surface area contributed by atoms with Gasteiger partial charge in [0.25, 0.3) is 0 Å². The average Bonchev–Trinajstić information content (AvgIpc) is 3.00. The molecule has 7 heteroatoms. The van der Waals surface area contributed by atoms with Crippen molar-refractivity contribution in [3.05, 3.63) is 47.5 Å². The summed E-state index contributed by atoms with van der Waals surface area (Å²) in [5, 5.41) is 24.3. The van der Waals surface area contributed by atoms with Crippen molar-refractivity contribution in [1.29, 1.82) is 0 Å². The minimum atomic E-state index is 0.217. The molecule has 1 aromatic carbocycles. The number of rotatable bonds is 10. The third-order valence-corrected chi connectivity index (χ3v) is 4.65. The molecule has 0 radical (unpaired) electrons. The van der Waals surface area contributed by atoms with Gasteiger partial charge in [-0.05, 0) is 31.2 Å². The molecular weight excluding hydrogens is 340 g/mol. The summed E-state index contributed by atoms with van der Waals surface area (Å²) in [5.41, 5.74) is 1.16. The van der Waals surface area contributed by atoms with Gasteiger partial charge in [-0.2, -0.15) is 0 Å². The number of guanidine groups is 1. The van der Waals surface area contributed by atoms with Crippen molar-refractivity contribution in [2.24, 2.45) is 18.0 Å². The van der Waals surface area contributed by atoms with Crippen molar-refractivity contribution in [3.63, 3.8) is 0 Å². The summed E-state index contributed by atoms with van der Waals surface area (Å²) >= 11 is 0. The molecule has 0 aliphatic carbocycles. The Labute approximate surface area is 161 Å². The highest BCUT2D eigenvalue weighted by Crippen LogP contribution is 2.09. The second-order valence-electron chi connectivity index (χ2n) is 6.77. The highest BCUT2D eigenvalue weighted by molar-refractivity contribution is 5.79. The third-order valence-electron chi connectivity index (χ3n) is 4.65. The summed E-state index contributed by atoms with van der Waals surface area (Å²) in [4.78, 5) is 4.71. The van der Waals surface area contributed by atoms with Gasteiger partial charge in [0.2, 0.25) is 0 Å². The fourth-order valence-electron chi connectivity index (χ4n) is 2.88. The number of nitrogens with one attached hydrogen (secondary N) is 2. The third kappa shape index (κ3) is 7.02. The molecule has 0 aliphatic rings. The van der Waals surface area contributed by atoms with E-state index in [1.54, 1.807) is 0 Å². The molecule has 0 amide bonds. The van der Waals surface area contributed by atoms with Crippen LogP contribution in [0.3, 0.4) is 0 Å². The lowest BCUT2D eigenvalue weighted by Crippen LogP contribution is -2.40. The molecule has 1 atom stereocenters. The zero-order chi connectivity index (χ0) is 19.5. The van der Waals surface area contributed by atoms with Crippen LogP contribution in [-0.2, 0) is 20.1 Å². The van der Waals surface area contributed by atoms with Crippen molar-refractivity contribution in [3.8, 4) is 0 Å². The molecular formula is C20H32N6O. The molecule has 0 saturated carbocycles. The van der Waals surface area contributed by atoms with E-state index >= 15 is 0 Å². The molecule has 1 heterocycles. The Bertz CT molecular complexity index is 692. The number of aromatic nitrogens is 3. The van der Waals surface area contributed by atoms with Crippen LogP contribution in [0, 0.1) is 12.8 Å². The Kier molecular flexibility index (Phi) is 8.77. The maximum Gasteiger partial charge on any atom is 0.191 e. The normalized spacial score (nSPS) is 12.8. The molecule has 7 nitrogen and oxygen atoms in total. The first-order valence-corrected chi connectivity index (χ1v) is 9.65. The van der Waals surface area contributed by atoms with Gasteiger partial charge in [-0.3, -0.25) is 0 Å². The summed E-state index contributed by atoms with van der Waals surface area (Å²) in [7, 11) is 1.96. The first kappa shape index (κ1) is 20.9. The molecule has 0 spiro atoms. The minimum absolute atomic E-state index is 0.217. The second-order valence-corrected chi connectivity index (χ2v) is 6.77. The van der Waals surface area contributed by atoms with Crippen LogP contribution in [-0.4, -0.2) is 39.0 Å². The minimum Gasteiger partial charge on any atom is -0.396 e. The van der Waals surface area contributed by atoms with Gasteiger partial charge in [-0.25, -0.2) is 4.99 Å². The lowest BCUT2D eigenvalue weighted by atomic mass is 10.0. The van der Waals surface area contributed by atoms with Crippen molar-refractivity contribution < 1.29 is 5.11 Å². The summed E-state index contributed by atoms with van der Waals surface area (Å²) in [5.74, 6) is 2.93. The predicted octanol–water partition coefficient (Wildman–Crippen LogP) is 2.16. The van der Waals surface area contributed by atoms with Gasteiger partial charge < -0.3 is 20.3 Å². The van der Waals surface area contributed by atoms with E-state index in [4.69, 9.17) is 4.99 Å². The van der Waals surface area contributed by atoms with E-state index in [9.17, 15) is 5.11 Å². The van der Waals surface area contributed by atoms with E-state index in [0.29, 0.717) is 19.0 Å². The first-order chi connectivity index (χ1) is 13.1. The van der Waals surface area contributed by atoms with E-state index in [0.717, 1.165) is 49.0 Å². The van der Waals surface area contributed by atoms with Gasteiger partial charge >= 0.3 is 0 Å². The van der Waals surface area contributed by atoms with Crippen molar-refractivity contribution in [2.45, 2.75) is 46.2 Å². The molecule has 2 rings (SSSR count). The summed E-state index contributed by atoms with van der Waals surface area (Å²) in [6.07, 6.45) is 2.99. The van der Waals surface area contributed by atoms with Gasteiger partial charge in [0.05, 0.1) is 13.1 Å². The molecule has 3 N–H and O–H groups in total. The highest BCUT2D eigenvalue weighted by Gasteiger charge is 2.10. The maximum atomic E-state index is 9.27. The first-order valence-electron chi connectivity index (χ1n) is 9.65. The summed E-state index contributed by atoms with van der Waals surface area (Å²) < 4.78 is 1.97. The van der Waals surface area contributed by atoms with Crippen LogP contribution in [0.4, 0.5) is 0 Å². The van der Waals surface area contributed by atoms with Gasteiger partial charge in [-0.15, -0.1) is 10.2 Å². The number of aliphatic imine (C=N–C) groups is 1. The van der Waals surface area contributed by atoms with Gasteiger partial charge in [0, 0.05) is 20.2 Å². The highest BCUT2D eigenvalue weighted by atomic mass is 16.3. The van der Waals surface area contributed by atoms with Crippen LogP contribution < -0.4 is 10.6 Å². The van der Waals surface area contributed by atoms with Crippen LogP contribution in [0.25, 0.3) is 0 Å². The molecule has 1 unspecified atom stereocenters. The number of hydrogen-bond donors (Lipinski definition) is 3. The Morgan fingerprint density at radius 2 is 1.96 bits per heavy atom. The zero-order valence-corrected chi connectivity index (χ0v) is 16.6. The monoisotopic (exact) mass is 372 g/mol. The van der Waals surface area contributed by atoms with Gasteiger partial charge in [-0.1, -0.05) is 43.7 Å². The van der Waals surface area contributed by atoms with Gasteiger partial charge in [0.15, 0.2) is 11.8 Å². The van der Waals surface area contributed by atoms with E-state index in [-0.39, 0.29) is 6.61 Å². The number of aryl methyl sites for hydroxylation is 1. The van der Waals surface area contributed by atoms with E-state index < -0.39 is 0 Å². The molecule has 2 aromatic rings.